The van der Waals surface area contributed by atoms with Crippen molar-refractivity contribution in [3.8, 4) is 22.8 Å². The van der Waals surface area contributed by atoms with Crippen LogP contribution in [0.5, 0.6) is 11.6 Å². The van der Waals surface area contributed by atoms with Crippen molar-refractivity contribution in [3.05, 3.63) is 66.4 Å². The van der Waals surface area contributed by atoms with Gasteiger partial charge in [-0.25, -0.2) is 13.8 Å². The Morgan fingerprint density at radius 2 is 1.97 bits per heavy atom. The zero-order chi connectivity index (χ0) is 20.3. The van der Waals surface area contributed by atoms with E-state index >= 15 is 0 Å². The molecule has 0 saturated carbocycles. The van der Waals surface area contributed by atoms with E-state index in [2.05, 4.69) is 4.98 Å². The number of rotatable bonds is 3. The quantitative estimate of drug-likeness (QED) is 0.524. The SMILES string of the molecule is COc1ccc(F)cc1-c1c(F)ccc2c(N)c3c(O)n(C4=CC=C4)cc3nc12. The molecule has 0 spiro atoms. The lowest BCUT2D eigenvalue weighted by atomic mass is 9.98. The van der Waals surface area contributed by atoms with Gasteiger partial charge >= 0.3 is 0 Å². The van der Waals surface area contributed by atoms with Crippen LogP contribution < -0.4 is 10.5 Å². The van der Waals surface area contributed by atoms with E-state index in [0.717, 1.165) is 5.70 Å². The minimum absolute atomic E-state index is 0.0447. The Labute approximate surface area is 164 Å². The van der Waals surface area contributed by atoms with Crippen molar-refractivity contribution in [2.24, 2.45) is 0 Å². The molecule has 0 atom stereocenters. The molecule has 5 rings (SSSR count). The Morgan fingerprint density at radius 3 is 2.66 bits per heavy atom. The van der Waals surface area contributed by atoms with E-state index in [1.807, 2.05) is 18.2 Å². The van der Waals surface area contributed by atoms with Crippen LogP contribution in [0, 0.1) is 11.6 Å². The lowest BCUT2D eigenvalue weighted by Gasteiger charge is -2.13. The van der Waals surface area contributed by atoms with Crippen LogP contribution in [0.1, 0.15) is 0 Å². The molecule has 0 saturated heterocycles. The summed E-state index contributed by atoms with van der Waals surface area (Å²) < 4.78 is 35.7. The summed E-state index contributed by atoms with van der Waals surface area (Å²) in [4.78, 5) is 4.57. The minimum Gasteiger partial charge on any atom is -0.496 e. The van der Waals surface area contributed by atoms with Crippen LogP contribution in [-0.4, -0.2) is 21.8 Å². The summed E-state index contributed by atoms with van der Waals surface area (Å²) >= 11 is 0. The lowest BCUT2D eigenvalue weighted by Crippen LogP contribution is -1.97. The molecule has 29 heavy (non-hydrogen) atoms. The number of hydrogen-bond acceptors (Lipinski definition) is 4. The summed E-state index contributed by atoms with van der Waals surface area (Å²) in [5.41, 5.74) is 8.37. The van der Waals surface area contributed by atoms with E-state index in [-0.39, 0.29) is 28.2 Å². The molecule has 7 heteroatoms. The van der Waals surface area contributed by atoms with Crippen molar-refractivity contribution in [1.29, 1.82) is 0 Å². The molecule has 0 radical (unpaired) electrons. The number of nitrogen functional groups attached to an aromatic ring is 1. The molecule has 0 aliphatic heterocycles. The maximum atomic E-state index is 14.9. The number of pyridine rings is 1. The molecule has 4 aromatic rings. The molecule has 1 aliphatic carbocycles. The molecule has 3 N–H and O–H groups in total. The van der Waals surface area contributed by atoms with Gasteiger partial charge in [0.25, 0.3) is 0 Å². The molecular formula is C22H15F2N3O2. The fourth-order valence-corrected chi connectivity index (χ4v) is 3.65. The molecule has 0 fully saturated rings. The topological polar surface area (TPSA) is 73.3 Å². The van der Waals surface area contributed by atoms with Crippen molar-refractivity contribution in [2.75, 3.05) is 12.8 Å². The van der Waals surface area contributed by atoms with Gasteiger partial charge in [-0.05, 0) is 42.5 Å². The first kappa shape index (κ1) is 17.2. The van der Waals surface area contributed by atoms with Gasteiger partial charge in [-0.3, -0.25) is 4.57 Å². The van der Waals surface area contributed by atoms with Crippen molar-refractivity contribution in [1.82, 2.24) is 9.55 Å². The smallest absolute Gasteiger partial charge is 0.207 e. The van der Waals surface area contributed by atoms with Gasteiger partial charge in [0.05, 0.1) is 29.2 Å². The Morgan fingerprint density at radius 1 is 1.17 bits per heavy atom. The minimum atomic E-state index is -0.582. The molecule has 1 aliphatic rings. The monoisotopic (exact) mass is 391 g/mol. The van der Waals surface area contributed by atoms with Crippen molar-refractivity contribution in [3.63, 3.8) is 0 Å². The third-order valence-electron chi connectivity index (χ3n) is 5.12. The van der Waals surface area contributed by atoms with Gasteiger partial charge < -0.3 is 15.6 Å². The van der Waals surface area contributed by atoms with Gasteiger partial charge in [0, 0.05) is 28.4 Å². The molecule has 2 aromatic heterocycles. The van der Waals surface area contributed by atoms with E-state index in [1.165, 1.54) is 37.4 Å². The van der Waals surface area contributed by atoms with Gasteiger partial charge in [-0.2, -0.15) is 0 Å². The maximum absolute atomic E-state index is 14.9. The largest absolute Gasteiger partial charge is 0.496 e. The van der Waals surface area contributed by atoms with Crippen molar-refractivity contribution >= 4 is 33.2 Å². The van der Waals surface area contributed by atoms with Gasteiger partial charge in [0.15, 0.2) is 0 Å². The fraction of sp³-hybridized carbons (Fsp3) is 0.0455. The Kier molecular flexibility index (Phi) is 3.61. The highest BCUT2D eigenvalue weighted by molar-refractivity contribution is 6.13. The second-order valence-electron chi connectivity index (χ2n) is 6.72. The lowest BCUT2D eigenvalue weighted by molar-refractivity contribution is 0.415. The summed E-state index contributed by atoms with van der Waals surface area (Å²) in [7, 11) is 1.43. The Hall–Kier alpha value is -3.87. The van der Waals surface area contributed by atoms with Gasteiger partial charge in [0.2, 0.25) is 5.88 Å². The highest BCUT2D eigenvalue weighted by Gasteiger charge is 2.22. The molecule has 144 valence electrons. The first-order chi connectivity index (χ1) is 14.0. The zero-order valence-corrected chi connectivity index (χ0v) is 15.3. The van der Waals surface area contributed by atoms with Crippen LogP contribution in [0.3, 0.4) is 0 Å². The van der Waals surface area contributed by atoms with Gasteiger partial charge in [0.1, 0.15) is 17.4 Å². The first-order valence-corrected chi connectivity index (χ1v) is 8.84. The Bertz CT molecular complexity index is 1390. The molecule has 0 bridgehead atoms. The van der Waals surface area contributed by atoms with Crippen LogP contribution >= 0.6 is 0 Å². The van der Waals surface area contributed by atoms with E-state index in [4.69, 9.17) is 10.5 Å². The third kappa shape index (κ3) is 2.40. The summed E-state index contributed by atoms with van der Waals surface area (Å²) in [6.45, 7) is 0. The number of aromatic nitrogens is 2. The van der Waals surface area contributed by atoms with Crippen LogP contribution in [0.25, 0.3) is 38.6 Å². The molecular weight excluding hydrogens is 376 g/mol. The number of halogens is 2. The fourth-order valence-electron chi connectivity index (χ4n) is 3.65. The predicted octanol–water partition coefficient (Wildman–Crippen LogP) is 4.84. The molecule has 0 amide bonds. The molecule has 5 nitrogen and oxygen atoms in total. The number of hydrogen-bond donors (Lipinski definition) is 2. The van der Waals surface area contributed by atoms with Crippen LogP contribution in [0.2, 0.25) is 0 Å². The standard InChI is InChI=1S/C22H15F2N3O2/c1-29-17-8-5-11(23)9-14(17)18-15(24)7-6-13-20(25)19-16(26-21(13)18)10-27(22(19)28)12-3-2-4-12/h2-10,28H,25H2,1H3. The zero-order valence-electron chi connectivity index (χ0n) is 15.3. The number of aromatic hydroxyl groups is 1. The van der Waals surface area contributed by atoms with E-state index < -0.39 is 11.6 Å². The van der Waals surface area contributed by atoms with E-state index in [0.29, 0.717) is 22.0 Å². The average molecular weight is 391 g/mol. The number of benzene rings is 2. The number of fused-ring (bicyclic) bond motifs is 2. The predicted molar refractivity (Wildman–Crippen MR) is 109 cm³/mol. The van der Waals surface area contributed by atoms with Crippen LogP contribution in [0.4, 0.5) is 14.5 Å². The summed E-state index contributed by atoms with van der Waals surface area (Å²) in [6, 6.07) is 6.62. The first-order valence-electron chi connectivity index (χ1n) is 8.84. The number of ether oxygens (including phenoxy) is 1. The normalized spacial score (nSPS) is 13.0. The number of allylic oxidation sites excluding steroid dienone is 4. The maximum Gasteiger partial charge on any atom is 0.207 e. The summed E-state index contributed by atoms with van der Waals surface area (Å²) in [5.74, 6) is -0.847. The third-order valence-corrected chi connectivity index (χ3v) is 5.12. The van der Waals surface area contributed by atoms with Gasteiger partial charge in [-0.15, -0.1) is 0 Å². The number of nitrogens with zero attached hydrogens (tertiary/aromatic N) is 2. The molecule has 2 heterocycles. The van der Waals surface area contributed by atoms with Crippen LogP contribution in [0.15, 0.2) is 54.8 Å². The molecule has 2 aromatic carbocycles. The molecule has 0 unspecified atom stereocenters. The van der Waals surface area contributed by atoms with E-state index in [9.17, 15) is 13.9 Å². The summed E-state index contributed by atoms with van der Waals surface area (Å²) in [6.07, 6.45) is 7.14. The van der Waals surface area contributed by atoms with E-state index in [1.54, 1.807) is 10.8 Å². The Balaban J connectivity index is 1.89. The summed E-state index contributed by atoms with van der Waals surface area (Å²) in [5, 5.41) is 11.5. The van der Waals surface area contributed by atoms with Crippen LogP contribution in [-0.2, 0) is 0 Å². The second kappa shape index (κ2) is 6.07. The number of nitrogens with two attached hydrogens (primary N) is 1. The average Bonchev–Trinajstić information content (AvgIpc) is 2.96. The van der Waals surface area contributed by atoms with Gasteiger partial charge in [-0.1, -0.05) is 6.08 Å². The van der Waals surface area contributed by atoms with Crippen molar-refractivity contribution in [2.45, 2.75) is 0 Å². The highest BCUT2D eigenvalue weighted by atomic mass is 19.1. The van der Waals surface area contributed by atoms with Crippen molar-refractivity contribution < 1.29 is 18.6 Å². The number of methoxy groups -OCH3 is 1. The number of anilines is 1. The second-order valence-corrected chi connectivity index (χ2v) is 6.72. The highest BCUT2D eigenvalue weighted by Crippen LogP contribution is 2.43.